The zero-order valence-electron chi connectivity index (χ0n) is 23.9. The Morgan fingerprint density at radius 3 is 2.59 bits per heavy atom. The molecule has 0 saturated heterocycles. The van der Waals surface area contributed by atoms with Crippen LogP contribution in [0, 0.1) is 19.8 Å². The maximum Gasteiger partial charge on any atom is 0.256 e. The lowest BCUT2D eigenvalue weighted by molar-refractivity contribution is -0.138. The van der Waals surface area contributed by atoms with Gasteiger partial charge in [0.25, 0.3) is 5.91 Å². The SMILES string of the molecule is Cc1nc2n(n1)CCN(C(=O)c1ccnc3c1nc(C)n3C)CCCC(=O)N(C)[C@@H](C)C(=O)N[C@@H]2CC(C)C. The summed E-state index contributed by atoms with van der Waals surface area (Å²) in [7, 11) is 3.51. The number of aromatic nitrogens is 6. The molecular weight excluding hydrogens is 498 g/mol. The first kappa shape index (κ1) is 28.2. The lowest BCUT2D eigenvalue weighted by Crippen LogP contribution is -2.47. The van der Waals surface area contributed by atoms with E-state index in [1.54, 1.807) is 35.8 Å². The fourth-order valence-corrected chi connectivity index (χ4v) is 4.94. The van der Waals surface area contributed by atoms with Crippen molar-refractivity contribution in [1.82, 2.24) is 44.4 Å². The number of rotatable bonds is 3. The summed E-state index contributed by atoms with van der Waals surface area (Å²) in [5.41, 5.74) is 1.68. The van der Waals surface area contributed by atoms with E-state index in [9.17, 15) is 14.4 Å². The summed E-state index contributed by atoms with van der Waals surface area (Å²) in [6.07, 6.45) is 2.96. The molecule has 3 aromatic heterocycles. The van der Waals surface area contributed by atoms with Crippen LogP contribution >= 0.6 is 0 Å². The molecule has 0 bridgehead atoms. The summed E-state index contributed by atoms with van der Waals surface area (Å²) in [6.45, 7) is 10.7. The predicted molar refractivity (Wildman–Crippen MR) is 146 cm³/mol. The highest BCUT2D eigenvalue weighted by Crippen LogP contribution is 2.22. The van der Waals surface area contributed by atoms with Gasteiger partial charge in [-0.3, -0.25) is 14.4 Å². The Morgan fingerprint density at radius 2 is 1.87 bits per heavy atom. The Labute approximate surface area is 228 Å². The number of likely N-dealkylation sites (N-methyl/N-ethyl adjacent to an activating group) is 1. The third-order valence-electron chi connectivity index (χ3n) is 7.39. The monoisotopic (exact) mass is 537 g/mol. The minimum Gasteiger partial charge on any atom is -0.344 e. The molecule has 4 heterocycles. The number of carbonyl (C=O) groups is 3. The van der Waals surface area contributed by atoms with Gasteiger partial charge in [0.2, 0.25) is 11.8 Å². The Morgan fingerprint density at radius 1 is 1.13 bits per heavy atom. The number of nitrogens with one attached hydrogen (secondary N) is 1. The first-order chi connectivity index (χ1) is 18.5. The minimum absolute atomic E-state index is 0.145. The number of amides is 3. The second-order valence-corrected chi connectivity index (χ2v) is 10.8. The van der Waals surface area contributed by atoms with Crippen molar-refractivity contribution in [3.05, 3.63) is 35.3 Å². The van der Waals surface area contributed by atoms with Crippen LogP contribution in [0.4, 0.5) is 0 Å². The first-order valence-electron chi connectivity index (χ1n) is 13.5. The molecule has 210 valence electrons. The zero-order chi connectivity index (χ0) is 28.4. The van der Waals surface area contributed by atoms with E-state index in [2.05, 4.69) is 39.2 Å². The average Bonchev–Trinajstić information content (AvgIpc) is 3.41. The smallest absolute Gasteiger partial charge is 0.256 e. The van der Waals surface area contributed by atoms with Gasteiger partial charge in [-0.2, -0.15) is 5.10 Å². The second-order valence-electron chi connectivity index (χ2n) is 10.8. The van der Waals surface area contributed by atoms with E-state index >= 15 is 0 Å². The number of carbonyl (C=O) groups excluding carboxylic acids is 3. The van der Waals surface area contributed by atoms with Crippen molar-refractivity contribution < 1.29 is 14.4 Å². The molecule has 2 atom stereocenters. The molecule has 0 unspecified atom stereocenters. The Bertz CT molecular complexity index is 1380. The summed E-state index contributed by atoms with van der Waals surface area (Å²) >= 11 is 0. The van der Waals surface area contributed by atoms with Crippen LogP contribution in [0.1, 0.15) is 73.9 Å². The molecule has 0 aliphatic carbocycles. The van der Waals surface area contributed by atoms with Crippen LogP contribution in [0.15, 0.2) is 12.3 Å². The van der Waals surface area contributed by atoms with Crippen molar-refractivity contribution in [3.8, 4) is 0 Å². The van der Waals surface area contributed by atoms with E-state index in [1.807, 2.05) is 25.5 Å². The van der Waals surface area contributed by atoms with Crippen LogP contribution in [0.3, 0.4) is 0 Å². The molecule has 0 saturated carbocycles. The summed E-state index contributed by atoms with van der Waals surface area (Å²) in [5, 5.41) is 7.71. The van der Waals surface area contributed by atoms with E-state index in [0.29, 0.717) is 60.9 Å². The minimum atomic E-state index is -0.650. The van der Waals surface area contributed by atoms with Crippen LogP contribution in [0.25, 0.3) is 11.2 Å². The molecule has 12 heteroatoms. The van der Waals surface area contributed by atoms with Gasteiger partial charge in [0.05, 0.1) is 18.2 Å². The summed E-state index contributed by atoms with van der Waals surface area (Å²) < 4.78 is 3.65. The van der Waals surface area contributed by atoms with Crippen LogP contribution in [0.2, 0.25) is 0 Å². The number of aryl methyl sites for hydroxylation is 3. The van der Waals surface area contributed by atoms with E-state index in [1.165, 1.54) is 4.90 Å². The number of fused-ring (bicyclic) bond motifs is 2. The Balaban J connectivity index is 1.71. The van der Waals surface area contributed by atoms with Crippen molar-refractivity contribution >= 4 is 28.9 Å². The van der Waals surface area contributed by atoms with Crippen molar-refractivity contribution in [2.45, 2.75) is 72.5 Å². The lowest BCUT2D eigenvalue weighted by atomic mass is 10.0. The van der Waals surface area contributed by atoms with Crippen molar-refractivity contribution in [2.75, 3.05) is 20.1 Å². The van der Waals surface area contributed by atoms with Gasteiger partial charge < -0.3 is 19.7 Å². The maximum atomic E-state index is 13.9. The fourth-order valence-electron chi connectivity index (χ4n) is 4.94. The number of nitrogens with zero attached hydrogens (tertiary/aromatic N) is 8. The fraction of sp³-hybridized carbons (Fsp3) is 0.593. The van der Waals surface area contributed by atoms with E-state index in [-0.39, 0.29) is 36.1 Å². The summed E-state index contributed by atoms with van der Waals surface area (Å²) in [5.74, 6) is 1.73. The summed E-state index contributed by atoms with van der Waals surface area (Å²) in [6, 6.07) is 0.665. The highest BCUT2D eigenvalue weighted by molar-refractivity contribution is 6.04. The molecule has 4 rings (SSSR count). The molecule has 1 N–H and O–H groups in total. The van der Waals surface area contributed by atoms with E-state index < -0.39 is 6.04 Å². The Kier molecular flexibility index (Phi) is 8.31. The molecule has 39 heavy (non-hydrogen) atoms. The number of hydrogen-bond acceptors (Lipinski definition) is 7. The highest BCUT2D eigenvalue weighted by Gasteiger charge is 2.29. The van der Waals surface area contributed by atoms with Gasteiger partial charge in [0.15, 0.2) is 5.65 Å². The molecule has 1 aliphatic heterocycles. The van der Waals surface area contributed by atoms with Gasteiger partial charge >= 0.3 is 0 Å². The quantitative estimate of drug-likeness (QED) is 0.542. The van der Waals surface area contributed by atoms with Gasteiger partial charge in [0.1, 0.15) is 29.0 Å². The molecule has 1 aliphatic rings. The molecule has 0 radical (unpaired) electrons. The highest BCUT2D eigenvalue weighted by atomic mass is 16.2. The van der Waals surface area contributed by atoms with Crippen LogP contribution in [0.5, 0.6) is 0 Å². The van der Waals surface area contributed by atoms with Gasteiger partial charge in [0, 0.05) is 39.8 Å². The first-order valence-corrected chi connectivity index (χ1v) is 13.5. The van der Waals surface area contributed by atoms with Gasteiger partial charge in [-0.15, -0.1) is 0 Å². The number of pyridine rings is 1. The normalized spacial score (nSPS) is 19.8. The maximum absolute atomic E-state index is 13.9. The second kappa shape index (κ2) is 11.5. The van der Waals surface area contributed by atoms with Gasteiger partial charge in [-0.25, -0.2) is 19.6 Å². The molecular formula is C27H39N9O3. The van der Waals surface area contributed by atoms with Crippen LogP contribution < -0.4 is 5.32 Å². The molecule has 0 fully saturated rings. The molecule has 0 aromatic carbocycles. The predicted octanol–water partition coefficient (Wildman–Crippen LogP) is 2.16. The van der Waals surface area contributed by atoms with Gasteiger partial charge in [-0.1, -0.05) is 13.8 Å². The molecule has 12 nitrogen and oxygen atoms in total. The number of hydrogen-bond donors (Lipinski definition) is 1. The van der Waals surface area contributed by atoms with Crippen LogP contribution in [-0.4, -0.2) is 83.0 Å². The standard InChI is InChI=1S/C27H39N9O3/c1-16(2)15-21-24-29-18(4)32-36(24)14-13-35(12-8-9-22(37)33(6)17(3)26(38)31-21)27(39)20-10-11-28-25-23(20)30-19(5)34(25)7/h10-11,16-17,21H,8-9,12-15H2,1-7H3,(H,31,38)/t17-,21+/m0/s1. The zero-order valence-corrected chi connectivity index (χ0v) is 23.9. The van der Waals surface area contributed by atoms with Crippen LogP contribution in [-0.2, 0) is 23.2 Å². The number of imidazole rings is 1. The lowest BCUT2D eigenvalue weighted by Gasteiger charge is -2.29. The third-order valence-corrected chi connectivity index (χ3v) is 7.39. The van der Waals surface area contributed by atoms with E-state index in [4.69, 9.17) is 0 Å². The molecule has 3 aromatic rings. The van der Waals surface area contributed by atoms with Crippen molar-refractivity contribution in [1.29, 1.82) is 0 Å². The van der Waals surface area contributed by atoms with Crippen molar-refractivity contribution in [2.24, 2.45) is 13.0 Å². The summed E-state index contributed by atoms with van der Waals surface area (Å²) in [4.78, 5) is 56.9. The third kappa shape index (κ3) is 5.94. The topological polar surface area (TPSA) is 131 Å². The van der Waals surface area contributed by atoms with E-state index in [0.717, 1.165) is 5.82 Å². The molecule has 0 spiro atoms. The largest absolute Gasteiger partial charge is 0.344 e. The van der Waals surface area contributed by atoms with Crippen molar-refractivity contribution in [3.63, 3.8) is 0 Å². The average molecular weight is 538 g/mol. The molecule has 3 amide bonds. The van der Waals surface area contributed by atoms with Gasteiger partial charge in [-0.05, 0) is 45.6 Å². The Hall–Kier alpha value is -3.83.